The van der Waals surface area contributed by atoms with E-state index >= 15 is 0 Å². The van der Waals surface area contributed by atoms with Crippen LogP contribution in [0.4, 0.5) is 18.9 Å². The zero-order valence-corrected chi connectivity index (χ0v) is 14.7. The second-order valence-corrected chi connectivity index (χ2v) is 6.19. The molecule has 0 amide bonds. The van der Waals surface area contributed by atoms with Gasteiger partial charge in [-0.25, -0.2) is 4.99 Å². The Labute approximate surface area is 152 Å². The molecule has 0 aliphatic carbocycles. The number of rotatable bonds is 3. The van der Waals surface area contributed by atoms with Crippen LogP contribution in [0.3, 0.4) is 0 Å². The number of methoxy groups -OCH3 is 1. The first-order valence-electron chi connectivity index (χ1n) is 7.63. The van der Waals surface area contributed by atoms with Gasteiger partial charge in [0.15, 0.2) is 0 Å². The molecular formula is C19H14F3NO2S. The van der Waals surface area contributed by atoms with Crippen molar-refractivity contribution in [2.75, 3.05) is 7.11 Å². The average Bonchev–Trinajstić information content (AvgIpc) is 2.60. The quantitative estimate of drug-likeness (QED) is 0.451. The van der Waals surface area contributed by atoms with Crippen LogP contribution < -0.4 is 10.3 Å². The number of hydrogen-bond acceptors (Lipinski definition) is 4. The first-order valence-corrected chi connectivity index (χ1v) is 8.03. The number of thiocarbonyl (C=S) groups is 1. The predicted octanol–water partition coefficient (Wildman–Crippen LogP) is 5.43. The summed E-state index contributed by atoms with van der Waals surface area (Å²) in [6.45, 7) is 1.67. The summed E-state index contributed by atoms with van der Waals surface area (Å²) in [6, 6.07) is 11.9. The largest absolute Gasteiger partial charge is 0.497 e. The molecule has 134 valence electrons. The highest BCUT2D eigenvalue weighted by atomic mass is 32.1. The monoisotopic (exact) mass is 377 g/mol. The van der Waals surface area contributed by atoms with E-state index in [4.69, 9.17) is 21.4 Å². The third-order valence-corrected chi connectivity index (χ3v) is 3.98. The molecule has 3 aromatic rings. The summed E-state index contributed by atoms with van der Waals surface area (Å²) in [5.41, 5.74) is 0.883. The van der Waals surface area contributed by atoms with Gasteiger partial charge in [0.25, 0.3) is 0 Å². The van der Waals surface area contributed by atoms with Crippen molar-refractivity contribution in [2.45, 2.75) is 13.1 Å². The fourth-order valence-corrected chi connectivity index (χ4v) is 2.56. The maximum Gasteiger partial charge on any atom is 0.416 e. The van der Waals surface area contributed by atoms with Crippen LogP contribution in [0.2, 0.25) is 0 Å². The second-order valence-electron chi connectivity index (χ2n) is 5.58. The summed E-state index contributed by atoms with van der Waals surface area (Å²) in [6.07, 6.45) is -4.42. The molecule has 0 atom stereocenters. The lowest BCUT2D eigenvalue weighted by Crippen LogP contribution is -2.13. The van der Waals surface area contributed by atoms with E-state index in [9.17, 15) is 13.2 Å². The molecule has 1 aromatic heterocycles. The average molecular weight is 377 g/mol. The van der Waals surface area contributed by atoms with Gasteiger partial charge in [0.1, 0.15) is 11.3 Å². The highest BCUT2D eigenvalue weighted by molar-refractivity contribution is 7.80. The molecule has 2 aromatic carbocycles. The van der Waals surface area contributed by atoms with Crippen LogP contribution in [0.5, 0.6) is 5.75 Å². The van der Waals surface area contributed by atoms with Crippen LogP contribution >= 0.6 is 12.2 Å². The summed E-state index contributed by atoms with van der Waals surface area (Å²) in [5.74, 6) is 0.685. The van der Waals surface area contributed by atoms with Gasteiger partial charge in [-0.2, -0.15) is 13.2 Å². The molecule has 0 radical (unpaired) electrons. The van der Waals surface area contributed by atoms with Gasteiger partial charge < -0.3 is 9.15 Å². The van der Waals surface area contributed by atoms with E-state index in [-0.39, 0.29) is 5.55 Å². The highest BCUT2D eigenvalue weighted by Gasteiger charge is 2.30. The van der Waals surface area contributed by atoms with Crippen molar-refractivity contribution < 1.29 is 22.3 Å². The number of alkyl halides is 3. The summed E-state index contributed by atoms with van der Waals surface area (Å²) < 4.78 is 49.6. The molecule has 0 spiro atoms. The number of ether oxygens (including phenoxy) is 1. The molecule has 26 heavy (non-hydrogen) atoms. The van der Waals surface area contributed by atoms with Crippen molar-refractivity contribution in [1.29, 1.82) is 0 Å². The molecule has 0 saturated heterocycles. The van der Waals surface area contributed by atoms with Gasteiger partial charge in [-0.15, -0.1) is 0 Å². The van der Waals surface area contributed by atoms with Crippen molar-refractivity contribution in [2.24, 2.45) is 4.99 Å². The molecular weight excluding hydrogens is 363 g/mol. The summed E-state index contributed by atoms with van der Waals surface area (Å²) in [7, 11) is 1.56. The van der Waals surface area contributed by atoms with Gasteiger partial charge in [-0.1, -0.05) is 12.2 Å². The first-order chi connectivity index (χ1) is 12.3. The highest BCUT2D eigenvalue weighted by Crippen LogP contribution is 2.31. The summed E-state index contributed by atoms with van der Waals surface area (Å²) >= 11 is 5.21. The fraction of sp³-hybridized carbons (Fsp3) is 0.158. The smallest absolute Gasteiger partial charge is 0.416 e. The first kappa shape index (κ1) is 18.1. The van der Waals surface area contributed by atoms with Crippen LogP contribution in [0.1, 0.15) is 18.1 Å². The maximum absolute atomic E-state index is 12.9. The predicted molar refractivity (Wildman–Crippen MR) is 96.8 cm³/mol. The summed E-state index contributed by atoms with van der Waals surface area (Å²) in [4.78, 5) is 4.90. The molecule has 0 N–H and O–H groups in total. The number of fused-ring (bicyclic) bond motifs is 1. The topological polar surface area (TPSA) is 34.7 Å². The van der Waals surface area contributed by atoms with Crippen LogP contribution in [-0.2, 0) is 6.18 Å². The number of halogens is 3. The number of nitrogens with zero attached hydrogens (tertiary/aromatic N) is 1. The molecule has 0 aliphatic rings. The van der Waals surface area contributed by atoms with E-state index in [2.05, 4.69) is 4.99 Å². The number of hydrogen-bond donors (Lipinski definition) is 0. The van der Waals surface area contributed by atoms with E-state index in [1.54, 1.807) is 44.4 Å². The fourth-order valence-electron chi connectivity index (χ4n) is 2.42. The lowest BCUT2D eigenvalue weighted by molar-refractivity contribution is -0.137. The maximum atomic E-state index is 12.9. The van der Waals surface area contributed by atoms with Crippen molar-refractivity contribution >= 4 is 33.7 Å². The Hall–Kier alpha value is -2.67. The Balaban J connectivity index is 2.19. The van der Waals surface area contributed by atoms with Gasteiger partial charge in [-0.05, 0) is 55.5 Å². The van der Waals surface area contributed by atoms with Gasteiger partial charge in [0.05, 0.1) is 23.9 Å². The zero-order chi connectivity index (χ0) is 18.9. The second kappa shape index (κ2) is 6.92. The van der Waals surface area contributed by atoms with Crippen LogP contribution in [0.25, 0.3) is 11.0 Å². The van der Waals surface area contributed by atoms with Gasteiger partial charge in [0, 0.05) is 10.3 Å². The lowest BCUT2D eigenvalue weighted by atomic mass is 10.1. The molecule has 0 fully saturated rings. The standard InChI is InChI=1S/C19H14F3NO2S/c1-11(26)16-10-12-9-13(19(20,21)22)3-8-17(12)25-18(16)23-14-4-6-15(24-2)7-5-14/h3-10H,1-2H3/b23-18-. The molecule has 3 nitrogen and oxygen atoms in total. The van der Waals surface area contributed by atoms with Crippen molar-refractivity contribution in [3.63, 3.8) is 0 Å². The van der Waals surface area contributed by atoms with Crippen LogP contribution in [0, 0.1) is 0 Å². The molecule has 1 heterocycles. The van der Waals surface area contributed by atoms with Gasteiger partial charge >= 0.3 is 6.18 Å². The molecule has 0 saturated carbocycles. The Bertz CT molecular complexity index is 1040. The number of benzene rings is 2. The molecule has 0 aliphatic heterocycles. The third-order valence-electron chi connectivity index (χ3n) is 3.76. The third kappa shape index (κ3) is 3.77. The van der Waals surface area contributed by atoms with E-state index in [0.717, 1.165) is 12.1 Å². The Kier molecular flexibility index (Phi) is 4.82. The van der Waals surface area contributed by atoms with Crippen LogP contribution in [-0.4, -0.2) is 12.0 Å². The molecule has 0 unspecified atom stereocenters. The Morgan fingerprint density at radius 2 is 1.77 bits per heavy atom. The van der Waals surface area contributed by atoms with Gasteiger partial charge in [-0.3, -0.25) is 0 Å². The minimum Gasteiger partial charge on any atom is -0.497 e. The van der Waals surface area contributed by atoms with Crippen molar-refractivity contribution in [3.05, 3.63) is 65.2 Å². The minimum atomic E-state index is -4.42. The normalized spacial score (nSPS) is 12.4. The SMILES string of the molecule is COc1ccc(/N=c2\oc3ccc(C(F)(F)F)cc3cc2C(C)=S)cc1. The van der Waals surface area contributed by atoms with E-state index in [1.165, 1.54) is 6.07 Å². The lowest BCUT2D eigenvalue weighted by Gasteiger charge is -2.08. The zero-order valence-electron chi connectivity index (χ0n) is 13.9. The Morgan fingerprint density at radius 1 is 1.08 bits per heavy atom. The van der Waals surface area contributed by atoms with E-state index < -0.39 is 11.7 Å². The molecule has 7 heteroatoms. The summed E-state index contributed by atoms with van der Waals surface area (Å²) in [5, 5.41) is 0.313. The van der Waals surface area contributed by atoms with Crippen molar-refractivity contribution in [3.8, 4) is 5.75 Å². The van der Waals surface area contributed by atoms with E-state index in [1.807, 2.05) is 0 Å². The molecule has 0 bridgehead atoms. The van der Waals surface area contributed by atoms with Crippen molar-refractivity contribution in [1.82, 2.24) is 0 Å². The van der Waals surface area contributed by atoms with Gasteiger partial charge in [0.2, 0.25) is 5.55 Å². The van der Waals surface area contributed by atoms with E-state index in [0.29, 0.717) is 32.8 Å². The minimum absolute atomic E-state index is 0.245. The Morgan fingerprint density at radius 3 is 2.35 bits per heavy atom. The van der Waals surface area contributed by atoms with Crippen LogP contribution in [0.15, 0.2) is 57.9 Å². The molecule has 3 rings (SSSR count).